The summed E-state index contributed by atoms with van der Waals surface area (Å²) in [6, 6.07) is 9.00. The minimum absolute atomic E-state index is 0.555. The molecule has 0 aliphatic carbocycles. The SMILES string of the molecule is CCCNCc1nnc(N(C)Cc2ccc(C)cc2)o1. The van der Waals surface area contributed by atoms with Gasteiger partial charge in [0.2, 0.25) is 5.89 Å². The molecule has 0 aliphatic heterocycles. The summed E-state index contributed by atoms with van der Waals surface area (Å²) >= 11 is 0. The second-order valence-electron chi connectivity index (χ2n) is 5.00. The number of hydrogen-bond acceptors (Lipinski definition) is 5. The van der Waals surface area contributed by atoms with E-state index in [0.717, 1.165) is 19.5 Å². The number of benzene rings is 1. The first-order valence-corrected chi connectivity index (χ1v) is 6.99. The quantitative estimate of drug-likeness (QED) is 0.786. The highest BCUT2D eigenvalue weighted by atomic mass is 16.4. The van der Waals surface area contributed by atoms with Crippen molar-refractivity contribution in [2.45, 2.75) is 33.4 Å². The van der Waals surface area contributed by atoms with Crippen molar-refractivity contribution in [2.24, 2.45) is 0 Å². The molecule has 108 valence electrons. The van der Waals surface area contributed by atoms with E-state index in [1.165, 1.54) is 11.1 Å². The first-order valence-electron chi connectivity index (χ1n) is 6.99. The zero-order chi connectivity index (χ0) is 14.4. The molecule has 0 bridgehead atoms. The van der Waals surface area contributed by atoms with E-state index in [9.17, 15) is 0 Å². The van der Waals surface area contributed by atoms with Crippen molar-refractivity contribution in [2.75, 3.05) is 18.5 Å². The van der Waals surface area contributed by atoms with Crippen molar-refractivity contribution >= 4 is 6.01 Å². The Morgan fingerprint density at radius 3 is 2.65 bits per heavy atom. The van der Waals surface area contributed by atoms with Crippen molar-refractivity contribution in [3.05, 3.63) is 41.3 Å². The topological polar surface area (TPSA) is 54.2 Å². The zero-order valence-electron chi connectivity index (χ0n) is 12.4. The lowest BCUT2D eigenvalue weighted by atomic mass is 10.1. The van der Waals surface area contributed by atoms with E-state index in [-0.39, 0.29) is 0 Å². The molecule has 5 heteroatoms. The molecule has 0 radical (unpaired) electrons. The molecule has 0 saturated heterocycles. The molecule has 2 rings (SSSR count). The summed E-state index contributed by atoms with van der Waals surface area (Å²) in [4.78, 5) is 1.96. The van der Waals surface area contributed by atoms with Gasteiger partial charge in [-0.15, -0.1) is 5.10 Å². The predicted molar refractivity (Wildman–Crippen MR) is 79.6 cm³/mol. The van der Waals surface area contributed by atoms with Gasteiger partial charge in [-0.1, -0.05) is 41.9 Å². The van der Waals surface area contributed by atoms with Crippen LogP contribution in [-0.4, -0.2) is 23.8 Å². The van der Waals surface area contributed by atoms with Gasteiger partial charge in [-0.2, -0.15) is 0 Å². The average Bonchev–Trinajstić information content (AvgIpc) is 2.91. The van der Waals surface area contributed by atoms with Crippen LogP contribution in [0.5, 0.6) is 0 Å². The van der Waals surface area contributed by atoms with Gasteiger partial charge >= 0.3 is 6.01 Å². The Hall–Kier alpha value is -1.88. The van der Waals surface area contributed by atoms with Crippen molar-refractivity contribution in [3.63, 3.8) is 0 Å². The van der Waals surface area contributed by atoms with E-state index < -0.39 is 0 Å². The third kappa shape index (κ3) is 4.06. The summed E-state index contributed by atoms with van der Waals surface area (Å²) in [5.74, 6) is 0.629. The van der Waals surface area contributed by atoms with Crippen LogP contribution in [0.4, 0.5) is 6.01 Å². The van der Waals surface area contributed by atoms with Crippen molar-refractivity contribution in [1.29, 1.82) is 0 Å². The molecule has 1 N–H and O–H groups in total. The van der Waals surface area contributed by atoms with Crippen molar-refractivity contribution < 1.29 is 4.42 Å². The van der Waals surface area contributed by atoms with Gasteiger partial charge < -0.3 is 14.6 Å². The molecule has 1 heterocycles. The number of hydrogen-bond donors (Lipinski definition) is 1. The van der Waals surface area contributed by atoms with Crippen LogP contribution in [0.15, 0.2) is 28.7 Å². The van der Waals surface area contributed by atoms with E-state index in [1.54, 1.807) is 0 Å². The van der Waals surface area contributed by atoms with E-state index >= 15 is 0 Å². The van der Waals surface area contributed by atoms with Gasteiger partial charge in [0.1, 0.15) is 0 Å². The highest BCUT2D eigenvalue weighted by Crippen LogP contribution is 2.14. The molecule has 20 heavy (non-hydrogen) atoms. The van der Waals surface area contributed by atoms with Gasteiger partial charge in [-0.05, 0) is 25.5 Å². The summed E-state index contributed by atoms with van der Waals surface area (Å²) in [5, 5.41) is 11.4. The maximum absolute atomic E-state index is 5.63. The number of nitrogens with one attached hydrogen (secondary N) is 1. The maximum atomic E-state index is 5.63. The molecule has 0 fully saturated rings. The Labute approximate surface area is 120 Å². The lowest BCUT2D eigenvalue weighted by Crippen LogP contribution is -2.16. The minimum atomic E-state index is 0.555. The van der Waals surface area contributed by atoms with Gasteiger partial charge in [-0.3, -0.25) is 0 Å². The first-order chi connectivity index (χ1) is 9.69. The Balaban J connectivity index is 1.91. The van der Waals surface area contributed by atoms with Gasteiger partial charge in [0, 0.05) is 13.6 Å². The van der Waals surface area contributed by atoms with Crippen molar-refractivity contribution in [3.8, 4) is 0 Å². The molecule has 5 nitrogen and oxygen atoms in total. The van der Waals surface area contributed by atoms with E-state index in [1.807, 2.05) is 11.9 Å². The van der Waals surface area contributed by atoms with Crippen LogP contribution in [0.25, 0.3) is 0 Å². The molecule has 2 aromatic rings. The number of rotatable bonds is 7. The van der Waals surface area contributed by atoms with Crippen LogP contribution in [0, 0.1) is 6.92 Å². The smallest absolute Gasteiger partial charge is 0.318 e. The van der Waals surface area contributed by atoms with Crippen LogP contribution in [-0.2, 0) is 13.1 Å². The number of aromatic nitrogens is 2. The van der Waals surface area contributed by atoms with Crippen LogP contribution in [0.1, 0.15) is 30.4 Å². The molecule has 0 saturated carbocycles. The molecule has 1 aromatic carbocycles. The second kappa shape index (κ2) is 7.05. The molecule has 0 aliphatic rings. The van der Waals surface area contributed by atoms with E-state index in [4.69, 9.17) is 4.42 Å². The van der Waals surface area contributed by atoms with Gasteiger partial charge in [0.05, 0.1) is 6.54 Å². The number of nitrogens with zero attached hydrogens (tertiary/aromatic N) is 3. The average molecular weight is 274 g/mol. The summed E-state index contributed by atoms with van der Waals surface area (Å²) in [6.45, 7) is 6.54. The van der Waals surface area contributed by atoms with Gasteiger partial charge in [0.15, 0.2) is 0 Å². The van der Waals surface area contributed by atoms with Gasteiger partial charge in [-0.25, -0.2) is 0 Å². The molecule has 0 unspecified atom stereocenters. The fourth-order valence-electron chi connectivity index (χ4n) is 1.88. The highest BCUT2D eigenvalue weighted by molar-refractivity contribution is 5.28. The monoisotopic (exact) mass is 274 g/mol. The van der Waals surface area contributed by atoms with E-state index in [0.29, 0.717) is 18.5 Å². The highest BCUT2D eigenvalue weighted by Gasteiger charge is 2.10. The minimum Gasteiger partial charge on any atom is -0.407 e. The fourth-order valence-corrected chi connectivity index (χ4v) is 1.88. The van der Waals surface area contributed by atoms with Crippen LogP contribution >= 0.6 is 0 Å². The molecule has 0 atom stereocenters. The molecule has 0 amide bonds. The summed E-state index contributed by atoms with van der Waals surface area (Å²) < 4.78 is 5.63. The predicted octanol–water partition coefficient (Wildman–Crippen LogP) is 2.51. The number of aryl methyl sites for hydroxylation is 1. The molecular formula is C15H22N4O. The molecule has 1 aromatic heterocycles. The lowest BCUT2D eigenvalue weighted by molar-refractivity contribution is 0.465. The number of anilines is 1. The van der Waals surface area contributed by atoms with Crippen molar-refractivity contribution in [1.82, 2.24) is 15.5 Å². The van der Waals surface area contributed by atoms with Gasteiger partial charge in [0.25, 0.3) is 0 Å². The normalized spacial score (nSPS) is 10.8. The fraction of sp³-hybridized carbons (Fsp3) is 0.467. The third-order valence-corrected chi connectivity index (χ3v) is 3.03. The maximum Gasteiger partial charge on any atom is 0.318 e. The Kier molecular flexibility index (Phi) is 5.12. The summed E-state index contributed by atoms with van der Waals surface area (Å²) in [7, 11) is 1.95. The van der Waals surface area contributed by atoms with Crippen LogP contribution < -0.4 is 10.2 Å². The standard InChI is InChI=1S/C15H22N4O/c1-4-9-16-10-14-17-18-15(20-14)19(3)11-13-7-5-12(2)6-8-13/h5-8,16H,4,9-11H2,1-3H3. The Bertz CT molecular complexity index is 521. The lowest BCUT2D eigenvalue weighted by Gasteiger charge is -2.13. The Morgan fingerprint density at radius 1 is 1.20 bits per heavy atom. The van der Waals surface area contributed by atoms with Crippen LogP contribution in [0.2, 0.25) is 0 Å². The zero-order valence-corrected chi connectivity index (χ0v) is 12.4. The van der Waals surface area contributed by atoms with E-state index in [2.05, 4.69) is 53.6 Å². The largest absolute Gasteiger partial charge is 0.407 e. The van der Waals surface area contributed by atoms with Crippen LogP contribution in [0.3, 0.4) is 0 Å². The second-order valence-corrected chi connectivity index (χ2v) is 5.00. The Morgan fingerprint density at radius 2 is 1.95 bits per heavy atom. The molecular weight excluding hydrogens is 252 g/mol. The summed E-state index contributed by atoms with van der Waals surface area (Å²) in [6.07, 6.45) is 1.09. The third-order valence-electron chi connectivity index (χ3n) is 3.03. The molecule has 0 spiro atoms. The first kappa shape index (κ1) is 14.5. The summed E-state index contributed by atoms with van der Waals surface area (Å²) in [5.41, 5.74) is 2.49.